The van der Waals surface area contributed by atoms with Crippen LogP contribution in [0.25, 0.3) is 0 Å². The molecule has 1 aliphatic heterocycles. The second-order valence-electron chi connectivity index (χ2n) is 6.20. The van der Waals surface area contributed by atoms with Crippen molar-refractivity contribution in [2.24, 2.45) is 0 Å². The minimum absolute atomic E-state index is 0.151. The van der Waals surface area contributed by atoms with Crippen LogP contribution in [0, 0.1) is 20.8 Å². The summed E-state index contributed by atoms with van der Waals surface area (Å²) >= 11 is 1.64. The van der Waals surface area contributed by atoms with Gasteiger partial charge in [-0.3, -0.25) is 9.69 Å². The Morgan fingerprint density at radius 2 is 2.00 bits per heavy atom. The van der Waals surface area contributed by atoms with Gasteiger partial charge in [0.05, 0.1) is 18.7 Å². The average molecular weight is 349 g/mol. The third-order valence-electron chi connectivity index (χ3n) is 4.38. The molecule has 1 aliphatic rings. The molecule has 3 heterocycles. The molecule has 0 bridgehead atoms. The van der Waals surface area contributed by atoms with E-state index >= 15 is 0 Å². The van der Waals surface area contributed by atoms with Gasteiger partial charge in [0.1, 0.15) is 15.8 Å². The van der Waals surface area contributed by atoms with Gasteiger partial charge in [0.2, 0.25) is 5.91 Å². The van der Waals surface area contributed by atoms with Crippen LogP contribution in [0.15, 0.2) is 4.52 Å². The Morgan fingerprint density at radius 1 is 1.17 bits per heavy atom. The van der Waals surface area contributed by atoms with Crippen LogP contribution in [-0.2, 0) is 17.8 Å². The first-order chi connectivity index (χ1) is 11.5. The first-order valence-corrected chi connectivity index (χ1v) is 9.05. The van der Waals surface area contributed by atoms with Gasteiger partial charge in [-0.05, 0) is 27.2 Å². The van der Waals surface area contributed by atoms with E-state index in [1.807, 2.05) is 25.7 Å². The van der Waals surface area contributed by atoms with Crippen LogP contribution in [0.4, 0.5) is 0 Å². The number of aromatic nitrogens is 3. The molecule has 0 spiro atoms. The van der Waals surface area contributed by atoms with Crippen LogP contribution in [0.1, 0.15) is 33.5 Å². The summed E-state index contributed by atoms with van der Waals surface area (Å²) in [6.07, 6.45) is 1.35. The van der Waals surface area contributed by atoms with E-state index in [9.17, 15) is 4.79 Å². The van der Waals surface area contributed by atoms with Crippen molar-refractivity contribution in [1.29, 1.82) is 0 Å². The Labute approximate surface area is 145 Å². The Morgan fingerprint density at radius 3 is 2.67 bits per heavy atom. The number of carbonyl (C=O) groups is 1. The van der Waals surface area contributed by atoms with E-state index in [1.165, 1.54) is 0 Å². The molecule has 0 aromatic carbocycles. The number of hydrogen-bond acceptors (Lipinski definition) is 7. The summed E-state index contributed by atoms with van der Waals surface area (Å²) in [5.74, 6) is 0.891. The van der Waals surface area contributed by atoms with Crippen molar-refractivity contribution in [3.05, 3.63) is 27.0 Å². The lowest BCUT2D eigenvalue weighted by Gasteiger charge is -2.21. The molecule has 8 heteroatoms. The third kappa shape index (κ3) is 3.99. The van der Waals surface area contributed by atoms with Crippen LogP contribution in [0.2, 0.25) is 0 Å². The van der Waals surface area contributed by atoms with Gasteiger partial charge in [-0.25, -0.2) is 0 Å². The zero-order chi connectivity index (χ0) is 17.1. The molecule has 24 heavy (non-hydrogen) atoms. The SMILES string of the molecule is Cc1nnc(CN2CCCN(C(=O)Cc3c(C)noc3C)CC2)s1. The molecule has 1 fully saturated rings. The maximum atomic E-state index is 12.6. The van der Waals surface area contributed by atoms with Crippen LogP contribution in [0.3, 0.4) is 0 Å². The van der Waals surface area contributed by atoms with E-state index in [4.69, 9.17) is 4.52 Å². The van der Waals surface area contributed by atoms with Crippen molar-refractivity contribution in [2.45, 2.75) is 40.2 Å². The monoisotopic (exact) mass is 349 g/mol. The number of nitrogens with zero attached hydrogens (tertiary/aromatic N) is 5. The Bertz CT molecular complexity index is 692. The molecule has 0 N–H and O–H groups in total. The molecule has 3 rings (SSSR count). The highest BCUT2D eigenvalue weighted by molar-refractivity contribution is 7.11. The summed E-state index contributed by atoms with van der Waals surface area (Å²) < 4.78 is 5.15. The van der Waals surface area contributed by atoms with Gasteiger partial charge >= 0.3 is 0 Å². The smallest absolute Gasteiger partial charge is 0.227 e. The molecule has 130 valence electrons. The van der Waals surface area contributed by atoms with E-state index < -0.39 is 0 Å². The molecule has 1 saturated heterocycles. The summed E-state index contributed by atoms with van der Waals surface area (Å²) in [5.41, 5.74) is 1.73. The van der Waals surface area contributed by atoms with Crippen molar-refractivity contribution >= 4 is 17.2 Å². The molecule has 2 aromatic rings. The highest BCUT2D eigenvalue weighted by atomic mass is 32.1. The predicted molar refractivity (Wildman–Crippen MR) is 90.8 cm³/mol. The van der Waals surface area contributed by atoms with Gasteiger partial charge in [0.15, 0.2) is 0 Å². The molecule has 0 atom stereocenters. The lowest BCUT2D eigenvalue weighted by Crippen LogP contribution is -2.36. The van der Waals surface area contributed by atoms with Crippen LogP contribution >= 0.6 is 11.3 Å². The molecular weight excluding hydrogens is 326 g/mol. The molecule has 0 saturated carbocycles. The largest absolute Gasteiger partial charge is 0.361 e. The zero-order valence-electron chi connectivity index (χ0n) is 14.4. The highest BCUT2D eigenvalue weighted by Gasteiger charge is 2.22. The molecular formula is C16H23N5O2S. The lowest BCUT2D eigenvalue weighted by molar-refractivity contribution is -0.130. The zero-order valence-corrected chi connectivity index (χ0v) is 15.2. The number of aryl methyl sites for hydroxylation is 3. The first-order valence-electron chi connectivity index (χ1n) is 8.24. The highest BCUT2D eigenvalue weighted by Crippen LogP contribution is 2.16. The summed E-state index contributed by atoms with van der Waals surface area (Å²) in [7, 11) is 0. The van der Waals surface area contributed by atoms with Gasteiger partial charge in [-0.1, -0.05) is 5.16 Å². The summed E-state index contributed by atoms with van der Waals surface area (Å²) in [4.78, 5) is 16.9. The minimum atomic E-state index is 0.151. The third-order valence-corrected chi connectivity index (χ3v) is 5.20. The van der Waals surface area contributed by atoms with Crippen molar-refractivity contribution in [3.8, 4) is 0 Å². The number of amides is 1. The van der Waals surface area contributed by atoms with Gasteiger partial charge in [-0.2, -0.15) is 0 Å². The van der Waals surface area contributed by atoms with Crippen molar-refractivity contribution < 1.29 is 9.32 Å². The Kier molecular flexibility index (Phi) is 5.25. The molecule has 7 nitrogen and oxygen atoms in total. The number of hydrogen-bond donors (Lipinski definition) is 0. The van der Waals surface area contributed by atoms with E-state index in [0.29, 0.717) is 6.42 Å². The fourth-order valence-electron chi connectivity index (χ4n) is 2.99. The van der Waals surface area contributed by atoms with Crippen molar-refractivity contribution in [1.82, 2.24) is 25.2 Å². The normalized spacial score (nSPS) is 16.4. The van der Waals surface area contributed by atoms with E-state index in [-0.39, 0.29) is 5.91 Å². The summed E-state index contributed by atoms with van der Waals surface area (Å²) in [5, 5.41) is 14.2. The lowest BCUT2D eigenvalue weighted by atomic mass is 10.1. The van der Waals surface area contributed by atoms with Crippen LogP contribution in [0.5, 0.6) is 0 Å². The molecule has 2 aromatic heterocycles. The summed E-state index contributed by atoms with van der Waals surface area (Å²) in [6.45, 7) is 9.92. The molecule has 0 radical (unpaired) electrons. The van der Waals surface area contributed by atoms with E-state index in [2.05, 4.69) is 20.3 Å². The summed E-state index contributed by atoms with van der Waals surface area (Å²) in [6, 6.07) is 0. The van der Waals surface area contributed by atoms with E-state index in [0.717, 1.165) is 66.2 Å². The van der Waals surface area contributed by atoms with Crippen LogP contribution < -0.4 is 0 Å². The van der Waals surface area contributed by atoms with Crippen molar-refractivity contribution in [2.75, 3.05) is 26.2 Å². The van der Waals surface area contributed by atoms with Gasteiger partial charge in [0, 0.05) is 31.7 Å². The van der Waals surface area contributed by atoms with Gasteiger partial charge < -0.3 is 9.42 Å². The molecule has 1 amide bonds. The molecule has 0 aliphatic carbocycles. The molecule has 0 unspecified atom stereocenters. The second-order valence-corrected chi connectivity index (χ2v) is 7.47. The predicted octanol–water partition coefficient (Wildman–Crippen LogP) is 1.73. The topological polar surface area (TPSA) is 75.4 Å². The number of carbonyl (C=O) groups excluding carboxylic acids is 1. The maximum Gasteiger partial charge on any atom is 0.227 e. The van der Waals surface area contributed by atoms with Crippen molar-refractivity contribution in [3.63, 3.8) is 0 Å². The van der Waals surface area contributed by atoms with E-state index in [1.54, 1.807) is 11.3 Å². The average Bonchev–Trinajstić information content (AvgIpc) is 2.99. The number of rotatable bonds is 4. The van der Waals surface area contributed by atoms with Crippen LogP contribution in [-0.4, -0.2) is 57.2 Å². The Hall–Kier alpha value is -1.80. The fourth-order valence-corrected chi connectivity index (χ4v) is 3.74. The fraction of sp³-hybridized carbons (Fsp3) is 0.625. The van der Waals surface area contributed by atoms with Gasteiger partial charge in [-0.15, -0.1) is 21.5 Å². The Balaban J connectivity index is 1.56. The maximum absolute atomic E-state index is 12.6. The van der Waals surface area contributed by atoms with Gasteiger partial charge in [0.25, 0.3) is 0 Å². The minimum Gasteiger partial charge on any atom is -0.361 e. The second kappa shape index (κ2) is 7.40. The quantitative estimate of drug-likeness (QED) is 0.837. The standard InChI is InChI=1S/C16H23N5O2S/c1-11-14(12(2)23-19-11)9-16(22)21-6-4-5-20(7-8-21)10-15-18-17-13(3)24-15/h4-10H2,1-3H3. The first kappa shape index (κ1) is 17.0.